The van der Waals surface area contributed by atoms with Crippen molar-refractivity contribution in [2.75, 3.05) is 26.1 Å². The molecule has 0 unspecified atom stereocenters. The van der Waals surface area contributed by atoms with Crippen LogP contribution in [0.2, 0.25) is 0 Å². The number of anilines is 1. The highest BCUT2D eigenvalue weighted by Gasteiger charge is 2.09. The summed E-state index contributed by atoms with van der Waals surface area (Å²) in [5.74, 6) is 0.828. The second kappa shape index (κ2) is 12.3. The number of rotatable bonds is 12. The molecule has 0 atom stereocenters. The summed E-state index contributed by atoms with van der Waals surface area (Å²) < 4.78 is 15.5. The number of hydrogen-bond donors (Lipinski definition) is 1. The molecular weight excluding hydrogens is 382 g/mol. The van der Waals surface area contributed by atoms with Crippen LogP contribution in [-0.2, 0) is 27.2 Å². The fourth-order valence-electron chi connectivity index (χ4n) is 3.00. The number of aryl methyl sites for hydroxylation is 2. The predicted octanol–water partition coefficient (Wildman–Crippen LogP) is 4.33. The normalized spacial score (nSPS) is 10.2. The molecule has 0 aromatic heterocycles. The van der Waals surface area contributed by atoms with Crippen molar-refractivity contribution in [2.24, 2.45) is 0 Å². The summed E-state index contributed by atoms with van der Waals surface area (Å²) in [6.07, 6.45) is 4.37. The smallest absolute Gasteiger partial charge is 0.306 e. The first-order valence-corrected chi connectivity index (χ1v) is 9.92. The van der Waals surface area contributed by atoms with Gasteiger partial charge in [-0.1, -0.05) is 30.9 Å². The van der Waals surface area contributed by atoms with Gasteiger partial charge in [0, 0.05) is 12.1 Å². The lowest BCUT2D eigenvalue weighted by Gasteiger charge is -2.10. The Balaban J connectivity index is 1.82. The molecule has 30 heavy (non-hydrogen) atoms. The van der Waals surface area contributed by atoms with E-state index >= 15 is 0 Å². The number of carbonyl (C=O) groups is 2. The van der Waals surface area contributed by atoms with Crippen LogP contribution in [0.1, 0.15) is 30.4 Å². The standard InChI is InChI=1S/C24H29NO5/c1-4-15-30-24(27)14-13-23(26)25-20-10-6-9-18(16-20)7-5-8-19-11-12-21(28-2)22(17-19)29-3/h4,6,9-12,16-17H,1,5,7-8,13-15H2,2-3H3,(H,25,26). The van der Waals surface area contributed by atoms with E-state index in [9.17, 15) is 9.59 Å². The van der Waals surface area contributed by atoms with Gasteiger partial charge in [0.15, 0.2) is 11.5 Å². The van der Waals surface area contributed by atoms with Crippen LogP contribution in [0.25, 0.3) is 0 Å². The zero-order valence-corrected chi connectivity index (χ0v) is 17.6. The van der Waals surface area contributed by atoms with Crippen molar-refractivity contribution in [3.63, 3.8) is 0 Å². The Labute approximate surface area is 177 Å². The van der Waals surface area contributed by atoms with E-state index in [1.165, 1.54) is 11.6 Å². The first-order chi connectivity index (χ1) is 14.5. The molecule has 160 valence electrons. The summed E-state index contributed by atoms with van der Waals surface area (Å²) in [5.41, 5.74) is 3.04. The number of amides is 1. The highest BCUT2D eigenvalue weighted by molar-refractivity contribution is 5.92. The lowest BCUT2D eigenvalue weighted by molar-refractivity contribution is -0.143. The van der Waals surface area contributed by atoms with Crippen molar-refractivity contribution >= 4 is 17.6 Å². The maximum absolute atomic E-state index is 12.1. The van der Waals surface area contributed by atoms with E-state index in [0.29, 0.717) is 0 Å². The molecule has 2 aromatic rings. The second-order valence-electron chi connectivity index (χ2n) is 6.76. The molecule has 6 heteroatoms. The van der Waals surface area contributed by atoms with Crippen LogP contribution < -0.4 is 14.8 Å². The number of benzene rings is 2. The predicted molar refractivity (Wildman–Crippen MR) is 117 cm³/mol. The lowest BCUT2D eigenvalue weighted by atomic mass is 10.0. The van der Waals surface area contributed by atoms with Gasteiger partial charge < -0.3 is 19.5 Å². The van der Waals surface area contributed by atoms with E-state index in [2.05, 4.69) is 11.9 Å². The molecular formula is C24H29NO5. The van der Waals surface area contributed by atoms with Crippen molar-refractivity contribution in [3.05, 3.63) is 66.2 Å². The van der Waals surface area contributed by atoms with E-state index in [4.69, 9.17) is 14.2 Å². The fraction of sp³-hybridized carbons (Fsp3) is 0.333. The summed E-state index contributed by atoms with van der Waals surface area (Å²) in [4.78, 5) is 23.5. The third-order valence-corrected chi connectivity index (χ3v) is 4.51. The number of hydrogen-bond acceptors (Lipinski definition) is 5. The number of nitrogens with one attached hydrogen (secondary N) is 1. The minimum atomic E-state index is -0.408. The number of ether oxygens (including phenoxy) is 3. The molecule has 0 radical (unpaired) electrons. The highest BCUT2D eigenvalue weighted by Crippen LogP contribution is 2.28. The van der Waals surface area contributed by atoms with E-state index in [1.807, 2.05) is 42.5 Å². The van der Waals surface area contributed by atoms with Crippen molar-refractivity contribution in [1.29, 1.82) is 0 Å². The van der Waals surface area contributed by atoms with Gasteiger partial charge in [-0.15, -0.1) is 0 Å². The average Bonchev–Trinajstić information content (AvgIpc) is 2.76. The molecule has 0 bridgehead atoms. The van der Waals surface area contributed by atoms with Crippen molar-refractivity contribution < 1.29 is 23.8 Å². The van der Waals surface area contributed by atoms with Gasteiger partial charge >= 0.3 is 5.97 Å². The zero-order valence-electron chi connectivity index (χ0n) is 17.6. The summed E-state index contributed by atoms with van der Waals surface area (Å²) in [5, 5.41) is 2.83. The summed E-state index contributed by atoms with van der Waals surface area (Å²) in [6, 6.07) is 13.7. The maximum Gasteiger partial charge on any atom is 0.306 e. The van der Waals surface area contributed by atoms with Crippen molar-refractivity contribution in [2.45, 2.75) is 32.1 Å². The largest absolute Gasteiger partial charge is 0.493 e. The van der Waals surface area contributed by atoms with E-state index in [0.717, 1.165) is 42.0 Å². The summed E-state index contributed by atoms with van der Waals surface area (Å²) >= 11 is 0. The Morgan fingerprint density at radius 2 is 1.70 bits per heavy atom. The number of carbonyl (C=O) groups excluding carboxylic acids is 2. The Bertz CT molecular complexity index is 862. The molecule has 0 heterocycles. The maximum atomic E-state index is 12.1. The molecule has 2 rings (SSSR count). The third kappa shape index (κ3) is 7.62. The summed E-state index contributed by atoms with van der Waals surface area (Å²) in [6.45, 7) is 3.64. The molecule has 0 aliphatic rings. The van der Waals surface area contributed by atoms with Gasteiger partial charge in [-0.3, -0.25) is 9.59 Å². The third-order valence-electron chi connectivity index (χ3n) is 4.51. The SMILES string of the molecule is C=CCOC(=O)CCC(=O)Nc1cccc(CCCc2ccc(OC)c(OC)c2)c1. The quantitative estimate of drug-likeness (QED) is 0.416. The Morgan fingerprint density at radius 1 is 0.967 bits per heavy atom. The van der Waals surface area contributed by atoms with Crippen molar-refractivity contribution in [1.82, 2.24) is 0 Å². The average molecular weight is 411 g/mol. The van der Waals surface area contributed by atoms with E-state index in [1.54, 1.807) is 14.2 Å². The van der Waals surface area contributed by atoms with Crippen LogP contribution in [0, 0.1) is 0 Å². The molecule has 0 saturated heterocycles. The molecule has 1 amide bonds. The van der Waals surface area contributed by atoms with Gasteiger partial charge in [0.05, 0.1) is 20.6 Å². The van der Waals surface area contributed by atoms with Gasteiger partial charge in [0.2, 0.25) is 5.91 Å². The first-order valence-electron chi connectivity index (χ1n) is 9.92. The van der Waals surface area contributed by atoms with Gasteiger partial charge in [0.1, 0.15) is 6.61 Å². The van der Waals surface area contributed by atoms with Crippen molar-refractivity contribution in [3.8, 4) is 11.5 Å². The van der Waals surface area contributed by atoms with E-state index in [-0.39, 0.29) is 25.4 Å². The lowest BCUT2D eigenvalue weighted by Crippen LogP contribution is -2.14. The van der Waals surface area contributed by atoms with Crippen LogP contribution in [0.15, 0.2) is 55.1 Å². The highest BCUT2D eigenvalue weighted by atomic mass is 16.5. The second-order valence-corrected chi connectivity index (χ2v) is 6.76. The zero-order chi connectivity index (χ0) is 21.8. The molecule has 0 aliphatic carbocycles. The number of methoxy groups -OCH3 is 2. The fourth-order valence-corrected chi connectivity index (χ4v) is 3.00. The molecule has 0 saturated carbocycles. The monoisotopic (exact) mass is 411 g/mol. The molecule has 0 spiro atoms. The Hall–Kier alpha value is -3.28. The topological polar surface area (TPSA) is 73.9 Å². The Morgan fingerprint density at radius 3 is 2.40 bits per heavy atom. The van der Waals surface area contributed by atoms with Crippen LogP contribution in [0.4, 0.5) is 5.69 Å². The van der Waals surface area contributed by atoms with Gasteiger partial charge in [-0.25, -0.2) is 0 Å². The first kappa shape index (κ1) is 23.0. The van der Waals surface area contributed by atoms with Crippen LogP contribution >= 0.6 is 0 Å². The molecule has 2 aromatic carbocycles. The Kier molecular flexibility index (Phi) is 9.45. The van der Waals surface area contributed by atoms with Gasteiger partial charge in [-0.05, 0) is 54.7 Å². The van der Waals surface area contributed by atoms with Crippen LogP contribution in [0.5, 0.6) is 11.5 Å². The molecule has 1 N–H and O–H groups in total. The minimum Gasteiger partial charge on any atom is -0.493 e. The molecule has 0 aliphatic heterocycles. The molecule has 0 fully saturated rings. The summed E-state index contributed by atoms with van der Waals surface area (Å²) in [7, 11) is 3.25. The number of esters is 1. The molecule has 6 nitrogen and oxygen atoms in total. The van der Waals surface area contributed by atoms with Gasteiger partial charge in [-0.2, -0.15) is 0 Å². The van der Waals surface area contributed by atoms with Crippen LogP contribution in [-0.4, -0.2) is 32.7 Å². The van der Waals surface area contributed by atoms with Gasteiger partial charge in [0.25, 0.3) is 0 Å². The van der Waals surface area contributed by atoms with E-state index < -0.39 is 5.97 Å². The van der Waals surface area contributed by atoms with Crippen LogP contribution in [0.3, 0.4) is 0 Å². The minimum absolute atomic E-state index is 0.0463.